The zero-order valence-corrected chi connectivity index (χ0v) is 11.4. The van der Waals surface area contributed by atoms with E-state index in [9.17, 15) is 13.6 Å². The van der Waals surface area contributed by atoms with E-state index in [1.165, 1.54) is 6.07 Å². The second-order valence-electron chi connectivity index (χ2n) is 4.69. The number of aryl methyl sites for hydroxylation is 2. The van der Waals surface area contributed by atoms with Crippen molar-refractivity contribution in [3.63, 3.8) is 0 Å². The van der Waals surface area contributed by atoms with Crippen LogP contribution < -0.4 is 5.32 Å². The molecule has 1 aromatic carbocycles. The Hall–Kier alpha value is -2.17. The first-order valence-electron chi connectivity index (χ1n) is 6.35. The molecule has 0 unspecified atom stereocenters. The number of hydrogen-bond acceptors (Lipinski definition) is 1. The van der Waals surface area contributed by atoms with Crippen molar-refractivity contribution in [3.8, 4) is 0 Å². The lowest BCUT2D eigenvalue weighted by atomic mass is 10.3. The first-order valence-corrected chi connectivity index (χ1v) is 6.35. The number of anilines is 1. The van der Waals surface area contributed by atoms with Gasteiger partial charge in [0.05, 0.1) is 0 Å². The Morgan fingerprint density at radius 2 is 1.75 bits per heavy atom. The molecule has 1 N–H and O–H groups in total. The summed E-state index contributed by atoms with van der Waals surface area (Å²) >= 11 is 0. The van der Waals surface area contributed by atoms with Gasteiger partial charge in [0.2, 0.25) is 5.91 Å². The second-order valence-corrected chi connectivity index (χ2v) is 4.69. The molecular formula is C15H16F2N2O. The predicted molar refractivity (Wildman–Crippen MR) is 73.5 cm³/mol. The molecule has 1 amide bonds. The maximum atomic E-state index is 13.0. The molecule has 0 fully saturated rings. The fourth-order valence-corrected chi connectivity index (χ4v) is 2.06. The van der Waals surface area contributed by atoms with Gasteiger partial charge in [-0.2, -0.15) is 0 Å². The zero-order chi connectivity index (χ0) is 14.7. The quantitative estimate of drug-likeness (QED) is 0.913. The van der Waals surface area contributed by atoms with Crippen LogP contribution >= 0.6 is 0 Å². The fraction of sp³-hybridized carbons (Fsp3) is 0.267. The SMILES string of the molecule is Cc1ccc(C)n1CCC(=O)Nc1ccc(F)c(F)c1. The van der Waals surface area contributed by atoms with Crippen molar-refractivity contribution in [2.75, 3.05) is 5.32 Å². The Kier molecular flexibility index (Phi) is 4.17. The standard InChI is InChI=1S/C15H16F2N2O/c1-10-3-4-11(2)19(10)8-7-15(20)18-12-5-6-13(16)14(17)9-12/h3-6,9H,7-8H2,1-2H3,(H,18,20). The number of amides is 1. The third-order valence-corrected chi connectivity index (χ3v) is 3.18. The van der Waals surface area contributed by atoms with Crippen LogP contribution in [-0.2, 0) is 11.3 Å². The molecule has 0 bridgehead atoms. The molecule has 0 saturated carbocycles. The van der Waals surface area contributed by atoms with Gasteiger partial charge < -0.3 is 9.88 Å². The van der Waals surface area contributed by atoms with Gasteiger partial charge in [0.1, 0.15) is 0 Å². The summed E-state index contributed by atoms with van der Waals surface area (Å²) in [6.45, 7) is 4.50. The molecule has 20 heavy (non-hydrogen) atoms. The Morgan fingerprint density at radius 3 is 2.35 bits per heavy atom. The first-order chi connectivity index (χ1) is 9.47. The first kappa shape index (κ1) is 14.2. The summed E-state index contributed by atoms with van der Waals surface area (Å²) in [5.74, 6) is -2.13. The topological polar surface area (TPSA) is 34.0 Å². The molecule has 0 aliphatic rings. The summed E-state index contributed by atoms with van der Waals surface area (Å²) in [5.41, 5.74) is 2.43. The average molecular weight is 278 g/mol. The largest absolute Gasteiger partial charge is 0.349 e. The number of nitrogens with one attached hydrogen (secondary N) is 1. The minimum atomic E-state index is -0.972. The number of rotatable bonds is 4. The molecular weight excluding hydrogens is 262 g/mol. The highest BCUT2D eigenvalue weighted by Crippen LogP contribution is 2.14. The number of halogens is 2. The molecule has 0 radical (unpaired) electrons. The van der Waals surface area contributed by atoms with Crippen molar-refractivity contribution in [2.24, 2.45) is 0 Å². The highest BCUT2D eigenvalue weighted by molar-refractivity contribution is 5.90. The van der Waals surface area contributed by atoms with Crippen LogP contribution in [0, 0.1) is 25.5 Å². The molecule has 1 aromatic heterocycles. The van der Waals surface area contributed by atoms with Gasteiger partial charge in [-0.3, -0.25) is 4.79 Å². The molecule has 0 spiro atoms. The minimum Gasteiger partial charge on any atom is -0.349 e. The summed E-state index contributed by atoms with van der Waals surface area (Å²) in [7, 11) is 0. The van der Waals surface area contributed by atoms with E-state index in [1.807, 2.05) is 30.5 Å². The molecule has 0 aliphatic heterocycles. The van der Waals surface area contributed by atoms with Gasteiger partial charge in [-0.05, 0) is 38.1 Å². The van der Waals surface area contributed by atoms with Crippen LogP contribution in [0.1, 0.15) is 17.8 Å². The van der Waals surface area contributed by atoms with E-state index in [1.54, 1.807) is 0 Å². The average Bonchev–Trinajstić information content (AvgIpc) is 2.71. The molecule has 3 nitrogen and oxygen atoms in total. The van der Waals surface area contributed by atoms with Crippen LogP contribution in [0.15, 0.2) is 30.3 Å². The third-order valence-electron chi connectivity index (χ3n) is 3.18. The van der Waals surface area contributed by atoms with Crippen LogP contribution in [0.5, 0.6) is 0 Å². The lowest BCUT2D eigenvalue weighted by molar-refractivity contribution is -0.116. The molecule has 5 heteroatoms. The van der Waals surface area contributed by atoms with Gasteiger partial charge in [0.25, 0.3) is 0 Å². The highest BCUT2D eigenvalue weighted by atomic mass is 19.2. The van der Waals surface area contributed by atoms with Crippen LogP contribution in [-0.4, -0.2) is 10.5 Å². The maximum absolute atomic E-state index is 13.0. The van der Waals surface area contributed by atoms with E-state index in [-0.39, 0.29) is 18.0 Å². The smallest absolute Gasteiger partial charge is 0.226 e. The third kappa shape index (κ3) is 3.23. The maximum Gasteiger partial charge on any atom is 0.226 e. The van der Waals surface area contributed by atoms with Gasteiger partial charge in [-0.1, -0.05) is 0 Å². The second kappa shape index (κ2) is 5.86. The molecule has 2 rings (SSSR count). The van der Waals surface area contributed by atoms with E-state index in [2.05, 4.69) is 5.32 Å². The Balaban J connectivity index is 1.94. The van der Waals surface area contributed by atoms with Crippen molar-refractivity contribution in [2.45, 2.75) is 26.8 Å². The molecule has 0 atom stereocenters. The van der Waals surface area contributed by atoms with Crippen molar-refractivity contribution in [1.82, 2.24) is 4.57 Å². The number of nitrogens with zero attached hydrogens (tertiary/aromatic N) is 1. The summed E-state index contributed by atoms with van der Waals surface area (Å²) in [6, 6.07) is 7.28. The molecule has 1 heterocycles. The van der Waals surface area contributed by atoms with Crippen LogP contribution in [0.25, 0.3) is 0 Å². The van der Waals surface area contributed by atoms with Crippen molar-refractivity contribution in [1.29, 1.82) is 0 Å². The van der Waals surface area contributed by atoms with E-state index in [0.29, 0.717) is 6.54 Å². The number of carbonyl (C=O) groups is 1. The number of benzene rings is 1. The van der Waals surface area contributed by atoms with Crippen molar-refractivity contribution < 1.29 is 13.6 Å². The summed E-state index contributed by atoms with van der Waals surface area (Å²) in [4.78, 5) is 11.8. The lowest BCUT2D eigenvalue weighted by Crippen LogP contribution is -2.15. The van der Waals surface area contributed by atoms with E-state index < -0.39 is 11.6 Å². The van der Waals surface area contributed by atoms with Crippen LogP contribution in [0.3, 0.4) is 0 Å². The predicted octanol–water partition coefficient (Wildman–Crippen LogP) is 3.41. The van der Waals surface area contributed by atoms with Gasteiger partial charge in [-0.15, -0.1) is 0 Å². The van der Waals surface area contributed by atoms with Crippen molar-refractivity contribution >= 4 is 11.6 Å². The van der Waals surface area contributed by atoms with Gasteiger partial charge in [-0.25, -0.2) is 8.78 Å². The molecule has 0 saturated heterocycles. The number of carbonyl (C=O) groups excluding carboxylic acids is 1. The summed E-state index contributed by atoms with van der Waals surface area (Å²) in [5, 5.41) is 2.55. The number of aromatic nitrogens is 1. The molecule has 2 aromatic rings. The Bertz CT molecular complexity index is 615. The van der Waals surface area contributed by atoms with Gasteiger partial charge >= 0.3 is 0 Å². The fourth-order valence-electron chi connectivity index (χ4n) is 2.06. The number of hydrogen-bond donors (Lipinski definition) is 1. The van der Waals surface area contributed by atoms with E-state index >= 15 is 0 Å². The normalized spacial score (nSPS) is 10.6. The summed E-state index contributed by atoms with van der Waals surface area (Å²) in [6.07, 6.45) is 0.273. The van der Waals surface area contributed by atoms with Gasteiger partial charge in [0.15, 0.2) is 11.6 Å². The Morgan fingerprint density at radius 1 is 1.10 bits per heavy atom. The Labute approximate surface area is 116 Å². The lowest BCUT2D eigenvalue weighted by Gasteiger charge is -2.10. The molecule has 106 valence electrons. The highest BCUT2D eigenvalue weighted by Gasteiger charge is 2.08. The summed E-state index contributed by atoms with van der Waals surface area (Å²) < 4.78 is 27.8. The van der Waals surface area contributed by atoms with Crippen molar-refractivity contribution in [3.05, 3.63) is 53.4 Å². The van der Waals surface area contributed by atoms with E-state index in [4.69, 9.17) is 0 Å². The molecule has 0 aliphatic carbocycles. The minimum absolute atomic E-state index is 0.233. The van der Waals surface area contributed by atoms with Crippen LogP contribution in [0.2, 0.25) is 0 Å². The monoisotopic (exact) mass is 278 g/mol. The zero-order valence-electron chi connectivity index (χ0n) is 11.4. The van der Waals surface area contributed by atoms with E-state index in [0.717, 1.165) is 23.5 Å². The van der Waals surface area contributed by atoms with Crippen LogP contribution in [0.4, 0.5) is 14.5 Å². The van der Waals surface area contributed by atoms with Gasteiger partial charge in [0, 0.05) is 36.1 Å².